The maximum Gasteiger partial charge on any atom is 0.341 e. The lowest BCUT2D eigenvalue weighted by atomic mass is 9.94. The first-order chi connectivity index (χ1) is 10.1. The standard InChI is InChI=1S/C17H14O4/c1-11-6-5-7-12(10-11)15(18)17(20-2)14-9-4-3-8-13(14)16(19)21-17/h3-10H,1-2H3. The Morgan fingerprint density at radius 2 is 1.90 bits per heavy atom. The van der Waals surface area contributed by atoms with Crippen LogP contribution >= 0.6 is 0 Å². The van der Waals surface area contributed by atoms with Gasteiger partial charge in [0.1, 0.15) is 0 Å². The van der Waals surface area contributed by atoms with E-state index in [1.807, 2.05) is 13.0 Å². The van der Waals surface area contributed by atoms with Gasteiger partial charge in [-0.25, -0.2) is 4.79 Å². The van der Waals surface area contributed by atoms with Crippen LogP contribution in [-0.2, 0) is 15.3 Å². The number of ketones is 1. The molecule has 0 radical (unpaired) electrons. The van der Waals surface area contributed by atoms with E-state index in [2.05, 4.69) is 0 Å². The monoisotopic (exact) mass is 282 g/mol. The van der Waals surface area contributed by atoms with E-state index < -0.39 is 11.8 Å². The number of carbonyl (C=O) groups excluding carboxylic acids is 2. The summed E-state index contributed by atoms with van der Waals surface area (Å²) in [5.74, 6) is -2.62. The lowest BCUT2D eigenvalue weighted by Gasteiger charge is -2.25. The predicted molar refractivity (Wildman–Crippen MR) is 76.1 cm³/mol. The molecule has 1 aliphatic heterocycles. The number of hydrogen-bond donors (Lipinski definition) is 0. The minimum Gasteiger partial charge on any atom is -0.417 e. The van der Waals surface area contributed by atoms with Crippen LogP contribution in [-0.4, -0.2) is 18.9 Å². The Morgan fingerprint density at radius 3 is 2.62 bits per heavy atom. The van der Waals surface area contributed by atoms with Crippen LogP contribution in [0.15, 0.2) is 48.5 Å². The van der Waals surface area contributed by atoms with Gasteiger partial charge in [0.25, 0.3) is 0 Å². The number of benzene rings is 2. The average Bonchev–Trinajstić information content (AvgIpc) is 2.81. The second-order valence-corrected chi connectivity index (χ2v) is 4.95. The van der Waals surface area contributed by atoms with Gasteiger partial charge in [-0.1, -0.05) is 42.0 Å². The lowest BCUT2D eigenvalue weighted by molar-refractivity contribution is -0.149. The van der Waals surface area contributed by atoms with Crippen LogP contribution < -0.4 is 0 Å². The van der Waals surface area contributed by atoms with E-state index >= 15 is 0 Å². The normalized spacial score (nSPS) is 20.0. The predicted octanol–water partition coefficient (Wildman–Crippen LogP) is 2.85. The minimum absolute atomic E-state index is 0.361. The first-order valence-corrected chi connectivity index (χ1v) is 6.58. The number of cyclic esters (lactones) is 1. The fraction of sp³-hybridized carbons (Fsp3) is 0.176. The van der Waals surface area contributed by atoms with Crippen LogP contribution in [0.3, 0.4) is 0 Å². The number of aryl methyl sites for hydroxylation is 1. The molecular weight excluding hydrogens is 268 g/mol. The summed E-state index contributed by atoms with van der Waals surface area (Å²) in [4.78, 5) is 24.8. The summed E-state index contributed by atoms with van der Waals surface area (Å²) in [6, 6.07) is 13.9. The van der Waals surface area contributed by atoms with E-state index in [9.17, 15) is 9.59 Å². The van der Waals surface area contributed by atoms with Crippen LogP contribution in [0.5, 0.6) is 0 Å². The van der Waals surface area contributed by atoms with Gasteiger partial charge in [-0.05, 0) is 19.1 Å². The SMILES string of the molecule is COC1(C(=O)c2cccc(C)c2)OC(=O)c2ccccc21. The molecule has 2 aromatic carbocycles. The van der Waals surface area contributed by atoms with E-state index in [1.165, 1.54) is 7.11 Å². The summed E-state index contributed by atoms with van der Waals surface area (Å²) in [6.45, 7) is 1.89. The highest BCUT2D eigenvalue weighted by Crippen LogP contribution is 2.39. The molecule has 0 N–H and O–H groups in total. The molecule has 21 heavy (non-hydrogen) atoms. The van der Waals surface area contributed by atoms with E-state index in [-0.39, 0.29) is 5.78 Å². The molecule has 0 aromatic heterocycles. The molecule has 0 aliphatic carbocycles. The third kappa shape index (κ3) is 1.96. The van der Waals surface area contributed by atoms with Gasteiger partial charge in [0.2, 0.25) is 5.78 Å². The molecule has 1 heterocycles. The fourth-order valence-electron chi connectivity index (χ4n) is 2.58. The zero-order chi connectivity index (χ0) is 15.0. The second kappa shape index (κ2) is 4.82. The molecule has 0 saturated heterocycles. The van der Waals surface area contributed by atoms with Crippen molar-refractivity contribution in [2.75, 3.05) is 7.11 Å². The van der Waals surface area contributed by atoms with E-state index in [0.717, 1.165) is 5.56 Å². The van der Waals surface area contributed by atoms with E-state index in [1.54, 1.807) is 42.5 Å². The Labute approximate surface area is 122 Å². The largest absolute Gasteiger partial charge is 0.417 e. The van der Waals surface area contributed by atoms with Gasteiger partial charge < -0.3 is 9.47 Å². The summed E-state index contributed by atoms with van der Waals surface area (Å²) < 4.78 is 10.7. The Morgan fingerprint density at radius 1 is 1.14 bits per heavy atom. The van der Waals surface area contributed by atoms with Crippen molar-refractivity contribution < 1.29 is 19.1 Å². The van der Waals surface area contributed by atoms with Crippen molar-refractivity contribution in [2.45, 2.75) is 12.7 Å². The molecule has 1 unspecified atom stereocenters. The van der Waals surface area contributed by atoms with Crippen molar-refractivity contribution in [3.63, 3.8) is 0 Å². The number of methoxy groups -OCH3 is 1. The Bertz CT molecular complexity index is 735. The van der Waals surface area contributed by atoms with Crippen LogP contribution in [0.2, 0.25) is 0 Å². The van der Waals surface area contributed by atoms with Crippen LogP contribution in [0.25, 0.3) is 0 Å². The number of hydrogen-bond acceptors (Lipinski definition) is 4. The molecule has 4 nitrogen and oxygen atoms in total. The van der Waals surface area contributed by atoms with Gasteiger partial charge in [0.15, 0.2) is 0 Å². The third-order valence-corrected chi connectivity index (χ3v) is 3.60. The van der Waals surface area contributed by atoms with Gasteiger partial charge >= 0.3 is 11.8 Å². The summed E-state index contributed by atoms with van der Waals surface area (Å²) >= 11 is 0. The summed E-state index contributed by atoms with van der Waals surface area (Å²) in [5, 5.41) is 0. The van der Waals surface area contributed by atoms with Gasteiger partial charge in [0, 0.05) is 18.2 Å². The number of Topliss-reactive ketones (excluding diaryl/α,β-unsaturated/α-hetero) is 1. The highest BCUT2D eigenvalue weighted by molar-refractivity contribution is 6.08. The maximum absolute atomic E-state index is 12.9. The lowest BCUT2D eigenvalue weighted by Crippen LogP contribution is -2.38. The molecule has 2 aromatic rings. The molecular formula is C17H14O4. The molecule has 4 heteroatoms. The topological polar surface area (TPSA) is 52.6 Å². The molecule has 0 fully saturated rings. The zero-order valence-corrected chi connectivity index (χ0v) is 11.8. The molecule has 0 saturated carbocycles. The highest BCUT2D eigenvalue weighted by atomic mass is 16.7. The van der Waals surface area contributed by atoms with Gasteiger partial charge in [-0.2, -0.15) is 0 Å². The van der Waals surface area contributed by atoms with Crippen molar-refractivity contribution in [3.8, 4) is 0 Å². The molecule has 106 valence electrons. The van der Waals surface area contributed by atoms with Crippen molar-refractivity contribution in [2.24, 2.45) is 0 Å². The smallest absolute Gasteiger partial charge is 0.341 e. The van der Waals surface area contributed by atoms with Crippen LogP contribution in [0, 0.1) is 6.92 Å². The maximum atomic E-state index is 12.9. The summed E-state index contributed by atoms with van der Waals surface area (Å²) in [6.07, 6.45) is 0. The van der Waals surface area contributed by atoms with E-state index in [0.29, 0.717) is 16.7 Å². The van der Waals surface area contributed by atoms with Crippen molar-refractivity contribution in [3.05, 3.63) is 70.8 Å². The number of esters is 1. The Hall–Kier alpha value is -2.46. The van der Waals surface area contributed by atoms with Crippen LogP contribution in [0.1, 0.15) is 31.8 Å². The van der Waals surface area contributed by atoms with Gasteiger partial charge in [-0.3, -0.25) is 4.79 Å². The van der Waals surface area contributed by atoms with Crippen molar-refractivity contribution in [1.82, 2.24) is 0 Å². The highest BCUT2D eigenvalue weighted by Gasteiger charge is 2.52. The first-order valence-electron chi connectivity index (χ1n) is 6.58. The van der Waals surface area contributed by atoms with Gasteiger partial charge in [0.05, 0.1) is 5.56 Å². The van der Waals surface area contributed by atoms with Crippen LogP contribution in [0.4, 0.5) is 0 Å². The Kier molecular flexibility index (Phi) is 3.11. The average molecular weight is 282 g/mol. The number of fused-ring (bicyclic) bond motifs is 1. The molecule has 0 spiro atoms. The third-order valence-electron chi connectivity index (χ3n) is 3.60. The zero-order valence-electron chi connectivity index (χ0n) is 11.8. The second-order valence-electron chi connectivity index (χ2n) is 4.95. The summed E-state index contributed by atoms with van der Waals surface area (Å²) in [7, 11) is 1.36. The molecule has 0 amide bonds. The quantitative estimate of drug-likeness (QED) is 0.641. The van der Waals surface area contributed by atoms with Crippen molar-refractivity contribution in [1.29, 1.82) is 0 Å². The number of carbonyl (C=O) groups is 2. The molecule has 3 rings (SSSR count). The Balaban J connectivity index is 2.15. The molecule has 0 bridgehead atoms. The fourth-order valence-corrected chi connectivity index (χ4v) is 2.58. The molecule has 1 atom stereocenters. The number of rotatable bonds is 3. The summed E-state index contributed by atoms with van der Waals surface area (Å²) in [5.41, 5.74) is 2.20. The first kappa shape index (κ1) is 13.5. The minimum atomic E-state index is -1.69. The van der Waals surface area contributed by atoms with Gasteiger partial charge in [-0.15, -0.1) is 0 Å². The van der Waals surface area contributed by atoms with E-state index in [4.69, 9.17) is 9.47 Å². The number of ether oxygens (including phenoxy) is 2. The molecule has 1 aliphatic rings. The van der Waals surface area contributed by atoms with Crippen molar-refractivity contribution >= 4 is 11.8 Å².